The molecule has 3 nitrogen and oxygen atoms in total. The number of hydrogen-bond acceptors (Lipinski definition) is 2. The van der Waals surface area contributed by atoms with E-state index >= 15 is 0 Å². The highest BCUT2D eigenvalue weighted by Gasteiger charge is 2.07. The summed E-state index contributed by atoms with van der Waals surface area (Å²) in [6.07, 6.45) is 3.37. The van der Waals surface area contributed by atoms with Crippen LogP contribution >= 0.6 is 0 Å². The Morgan fingerprint density at radius 1 is 1.11 bits per heavy atom. The van der Waals surface area contributed by atoms with E-state index in [1.807, 2.05) is 6.07 Å². The molecule has 19 heavy (non-hydrogen) atoms. The van der Waals surface area contributed by atoms with Crippen molar-refractivity contribution in [3.05, 3.63) is 70.7 Å². The molecular weight excluding hydrogens is 243 g/mol. The molecule has 0 atom stereocenters. The maximum atomic E-state index is 12.9. The number of aryl methyl sites for hydroxylation is 1. The van der Waals surface area contributed by atoms with Crippen LogP contribution in [0.3, 0.4) is 0 Å². The zero-order chi connectivity index (χ0) is 13.4. The van der Waals surface area contributed by atoms with Crippen molar-refractivity contribution in [1.29, 1.82) is 0 Å². The summed E-state index contributed by atoms with van der Waals surface area (Å²) in [4.78, 5) is 16.6. The Kier molecular flexibility index (Phi) is 2.63. The standard InChI is InChI=1S/C15H11FN2O/c1-10-14-11(6-8-17-10)7-9-18(15(14)19)13-4-2-12(16)3-5-13/h2-9H,1H3. The third-order valence-corrected chi connectivity index (χ3v) is 3.11. The molecule has 1 aromatic carbocycles. The molecule has 2 aromatic heterocycles. The number of aromatic nitrogens is 2. The van der Waals surface area contributed by atoms with Crippen LogP contribution in [0.2, 0.25) is 0 Å². The van der Waals surface area contributed by atoms with Crippen LogP contribution in [0.25, 0.3) is 16.5 Å². The van der Waals surface area contributed by atoms with E-state index in [-0.39, 0.29) is 11.4 Å². The second kappa shape index (κ2) is 4.31. The van der Waals surface area contributed by atoms with E-state index < -0.39 is 0 Å². The van der Waals surface area contributed by atoms with Crippen molar-refractivity contribution in [3.63, 3.8) is 0 Å². The third kappa shape index (κ3) is 1.91. The first-order valence-electron chi connectivity index (χ1n) is 5.90. The maximum Gasteiger partial charge on any atom is 0.264 e. The summed E-state index contributed by atoms with van der Waals surface area (Å²) in [7, 11) is 0. The predicted octanol–water partition coefficient (Wildman–Crippen LogP) is 2.83. The lowest BCUT2D eigenvalue weighted by molar-refractivity contribution is 0.627. The van der Waals surface area contributed by atoms with Gasteiger partial charge in [-0.25, -0.2) is 4.39 Å². The first-order valence-corrected chi connectivity index (χ1v) is 5.90. The molecular formula is C15H11FN2O. The lowest BCUT2D eigenvalue weighted by Crippen LogP contribution is -2.18. The lowest BCUT2D eigenvalue weighted by atomic mass is 10.1. The molecule has 0 saturated carbocycles. The monoisotopic (exact) mass is 254 g/mol. The van der Waals surface area contributed by atoms with Crippen LogP contribution in [-0.2, 0) is 0 Å². The van der Waals surface area contributed by atoms with Crippen LogP contribution in [-0.4, -0.2) is 9.55 Å². The van der Waals surface area contributed by atoms with Gasteiger partial charge >= 0.3 is 0 Å². The van der Waals surface area contributed by atoms with Crippen molar-refractivity contribution in [1.82, 2.24) is 9.55 Å². The number of rotatable bonds is 1. The third-order valence-electron chi connectivity index (χ3n) is 3.11. The van der Waals surface area contributed by atoms with E-state index in [2.05, 4.69) is 4.98 Å². The highest BCUT2D eigenvalue weighted by Crippen LogP contribution is 2.14. The van der Waals surface area contributed by atoms with Crippen molar-refractivity contribution in [2.24, 2.45) is 0 Å². The fourth-order valence-corrected chi connectivity index (χ4v) is 2.15. The second-order valence-corrected chi connectivity index (χ2v) is 4.33. The molecule has 2 heterocycles. The van der Waals surface area contributed by atoms with E-state index in [9.17, 15) is 9.18 Å². The Morgan fingerprint density at radius 3 is 2.58 bits per heavy atom. The Morgan fingerprint density at radius 2 is 1.84 bits per heavy atom. The van der Waals surface area contributed by atoms with Gasteiger partial charge in [0.25, 0.3) is 5.56 Å². The predicted molar refractivity (Wildman–Crippen MR) is 72.0 cm³/mol. The second-order valence-electron chi connectivity index (χ2n) is 4.33. The molecule has 0 radical (unpaired) electrons. The van der Waals surface area contributed by atoms with E-state index in [0.29, 0.717) is 16.8 Å². The summed E-state index contributed by atoms with van der Waals surface area (Å²) < 4.78 is 14.4. The molecule has 0 unspecified atom stereocenters. The Labute approximate surface area is 109 Å². The molecule has 0 bridgehead atoms. The SMILES string of the molecule is Cc1nccc2ccn(-c3ccc(F)cc3)c(=O)c12. The normalized spacial score (nSPS) is 10.8. The van der Waals surface area contributed by atoms with E-state index in [1.54, 1.807) is 37.5 Å². The number of hydrogen-bond donors (Lipinski definition) is 0. The molecule has 3 rings (SSSR count). The van der Waals surface area contributed by atoms with Gasteiger partial charge in [0.1, 0.15) is 5.82 Å². The minimum absolute atomic E-state index is 0.144. The van der Waals surface area contributed by atoms with Crippen LogP contribution in [0, 0.1) is 12.7 Å². The summed E-state index contributed by atoms with van der Waals surface area (Å²) in [6.45, 7) is 1.80. The average molecular weight is 254 g/mol. The van der Waals surface area contributed by atoms with E-state index in [1.165, 1.54) is 16.7 Å². The van der Waals surface area contributed by atoms with Gasteiger partial charge in [0, 0.05) is 18.1 Å². The zero-order valence-electron chi connectivity index (χ0n) is 10.3. The first kappa shape index (κ1) is 11.6. The fraction of sp³-hybridized carbons (Fsp3) is 0.0667. The Hall–Kier alpha value is -2.49. The van der Waals surface area contributed by atoms with Gasteiger partial charge in [-0.1, -0.05) is 0 Å². The Bertz CT molecular complexity index is 806. The minimum atomic E-state index is -0.324. The minimum Gasteiger partial charge on any atom is -0.284 e. The quantitative estimate of drug-likeness (QED) is 0.669. The van der Waals surface area contributed by atoms with Crippen LogP contribution in [0.1, 0.15) is 5.69 Å². The molecule has 4 heteroatoms. The van der Waals surface area contributed by atoms with Crippen molar-refractivity contribution in [2.45, 2.75) is 6.92 Å². The largest absolute Gasteiger partial charge is 0.284 e. The maximum absolute atomic E-state index is 12.9. The molecule has 0 saturated heterocycles. The number of benzene rings is 1. The summed E-state index contributed by atoms with van der Waals surface area (Å²) in [5, 5.41) is 1.45. The molecule has 0 aliphatic carbocycles. The molecule has 0 aliphatic heterocycles. The van der Waals surface area contributed by atoms with Gasteiger partial charge in [-0.2, -0.15) is 0 Å². The van der Waals surface area contributed by atoms with E-state index in [4.69, 9.17) is 0 Å². The molecule has 0 N–H and O–H groups in total. The molecule has 94 valence electrons. The van der Waals surface area contributed by atoms with Gasteiger partial charge in [-0.15, -0.1) is 0 Å². The lowest BCUT2D eigenvalue weighted by Gasteiger charge is -2.08. The highest BCUT2D eigenvalue weighted by atomic mass is 19.1. The Balaban J connectivity index is 2.32. The molecule has 3 aromatic rings. The first-order chi connectivity index (χ1) is 9.16. The van der Waals surface area contributed by atoms with Gasteiger partial charge < -0.3 is 0 Å². The molecule has 0 fully saturated rings. The van der Waals surface area contributed by atoms with Gasteiger partial charge in [0.15, 0.2) is 0 Å². The molecule has 0 spiro atoms. The summed E-state index contributed by atoms with van der Waals surface area (Å²) in [6, 6.07) is 9.49. The van der Waals surface area contributed by atoms with Crippen LogP contribution < -0.4 is 5.56 Å². The molecule has 0 aliphatic rings. The highest BCUT2D eigenvalue weighted by molar-refractivity contribution is 5.83. The van der Waals surface area contributed by atoms with Gasteiger partial charge in [0.05, 0.1) is 11.1 Å². The van der Waals surface area contributed by atoms with Gasteiger partial charge in [-0.05, 0) is 48.7 Å². The van der Waals surface area contributed by atoms with Gasteiger partial charge in [-0.3, -0.25) is 14.3 Å². The number of nitrogens with zero attached hydrogens (tertiary/aromatic N) is 2. The van der Waals surface area contributed by atoms with Crippen molar-refractivity contribution < 1.29 is 4.39 Å². The van der Waals surface area contributed by atoms with Crippen LogP contribution in [0.4, 0.5) is 4.39 Å². The average Bonchev–Trinajstić information content (AvgIpc) is 2.40. The molecule has 0 amide bonds. The zero-order valence-corrected chi connectivity index (χ0v) is 10.3. The van der Waals surface area contributed by atoms with Crippen molar-refractivity contribution in [2.75, 3.05) is 0 Å². The summed E-state index contributed by atoms with van der Waals surface area (Å²) >= 11 is 0. The van der Waals surface area contributed by atoms with Crippen LogP contribution in [0.5, 0.6) is 0 Å². The topological polar surface area (TPSA) is 34.9 Å². The van der Waals surface area contributed by atoms with Crippen LogP contribution in [0.15, 0.2) is 53.6 Å². The van der Waals surface area contributed by atoms with Crippen molar-refractivity contribution in [3.8, 4) is 5.69 Å². The number of halogens is 1. The fourth-order valence-electron chi connectivity index (χ4n) is 2.15. The van der Waals surface area contributed by atoms with E-state index in [0.717, 1.165) is 5.39 Å². The van der Waals surface area contributed by atoms with Crippen molar-refractivity contribution >= 4 is 10.8 Å². The van der Waals surface area contributed by atoms with Gasteiger partial charge in [0.2, 0.25) is 0 Å². The smallest absolute Gasteiger partial charge is 0.264 e. The summed E-state index contributed by atoms with van der Waals surface area (Å²) in [5.74, 6) is -0.324. The number of fused-ring (bicyclic) bond motifs is 1. The number of pyridine rings is 2. The summed E-state index contributed by atoms with van der Waals surface area (Å²) in [5.41, 5.74) is 1.19.